The lowest BCUT2D eigenvalue weighted by Crippen LogP contribution is -2.29. The van der Waals surface area contributed by atoms with Crippen LogP contribution in [0.5, 0.6) is 0 Å². The first-order valence-electron chi connectivity index (χ1n) is 5.27. The first-order chi connectivity index (χ1) is 6.53. The number of rotatable bonds is 1. The highest BCUT2D eigenvalue weighted by atomic mass is 15.1. The van der Waals surface area contributed by atoms with Crippen molar-refractivity contribution in [3.05, 3.63) is 17.0 Å². The van der Waals surface area contributed by atoms with Crippen LogP contribution in [0.2, 0.25) is 0 Å². The fourth-order valence-electron chi connectivity index (χ4n) is 2.66. The summed E-state index contributed by atoms with van der Waals surface area (Å²) in [7, 11) is 0. The van der Waals surface area contributed by atoms with E-state index in [0.29, 0.717) is 11.3 Å². The Hall–Kier alpha value is -0.830. The summed E-state index contributed by atoms with van der Waals surface area (Å²) >= 11 is 0. The third-order valence-corrected chi connectivity index (χ3v) is 3.21. The van der Waals surface area contributed by atoms with Crippen molar-refractivity contribution in [2.75, 3.05) is 6.54 Å². The maximum Gasteiger partial charge on any atom is 0.0665 e. The van der Waals surface area contributed by atoms with Gasteiger partial charge in [0.2, 0.25) is 0 Å². The smallest absolute Gasteiger partial charge is 0.0665 e. The summed E-state index contributed by atoms with van der Waals surface area (Å²) in [4.78, 5) is 0. The topological polar surface area (TPSA) is 54.7 Å². The van der Waals surface area contributed by atoms with Crippen LogP contribution in [0.3, 0.4) is 0 Å². The van der Waals surface area contributed by atoms with Crippen LogP contribution in [0.25, 0.3) is 0 Å². The van der Waals surface area contributed by atoms with Crippen LogP contribution in [0.4, 0.5) is 0 Å². The van der Waals surface area contributed by atoms with E-state index in [1.807, 2.05) is 0 Å². The zero-order chi connectivity index (χ0) is 10.3. The fourth-order valence-corrected chi connectivity index (χ4v) is 2.66. The van der Waals surface area contributed by atoms with Crippen LogP contribution in [-0.4, -0.2) is 16.7 Å². The van der Waals surface area contributed by atoms with E-state index in [9.17, 15) is 0 Å². The lowest BCUT2D eigenvalue weighted by atomic mass is 9.71. The molecule has 2 rings (SSSR count). The molecule has 1 aromatic heterocycles. The third-order valence-electron chi connectivity index (χ3n) is 3.21. The number of fused-ring (bicyclic) bond motifs is 1. The van der Waals surface area contributed by atoms with Crippen LogP contribution in [0, 0.1) is 12.3 Å². The van der Waals surface area contributed by atoms with Crippen molar-refractivity contribution in [2.24, 2.45) is 11.1 Å². The van der Waals surface area contributed by atoms with E-state index < -0.39 is 0 Å². The maximum atomic E-state index is 5.83. The van der Waals surface area contributed by atoms with Crippen LogP contribution in [-0.2, 0) is 6.42 Å². The quantitative estimate of drug-likeness (QED) is 0.713. The molecular weight excluding hydrogens is 174 g/mol. The summed E-state index contributed by atoms with van der Waals surface area (Å²) < 4.78 is 0. The number of nitrogens with zero attached hydrogens (tertiary/aromatic N) is 1. The van der Waals surface area contributed by atoms with Crippen molar-refractivity contribution in [1.29, 1.82) is 0 Å². The second kappa shape index (κ2) is 3.09. The minimum absolute atomic E-state index is 0.346. The lowest BCUT2D eigenvalue weighted by molar-refractivity contribution is 0.279. The van der Waals surface area contributed by atoms with Gasteiger partial charge in [0.1, 0.15) is 0 Å². The van der Waals surface area contributed by atoms with E-state index in [0.717, 1.165) is 13.0 Å². The number of H-pyrrole nitrogens is 1. The molecule has 1 aliphatic rings. The molecule has 0 aliphatic heterocycles. The summed E-state index contributed by atoms with van der Waals surface area (Å²) in [5.41, 5.74) is 9.98. The Balaban J connectivity index is 2.43. The second-order valence-corrected chi connectivity index (χ2v) is 5.19. The van der Waals surface area contributed by atoms with E-state index in [1.165, 1.54) is 23.4 Å². The summed E-state index contributed by atoms with van der Waals surface area (Å²) in [6, 6.07) is 0. The van der Waals surface area contributed by atoms with E-state index in [4.69, 9.17) is 5.73 Å². The highest BCUT2D eigenvalue weighted by molar-refractivity contribution is 5.32. The van der Waals surface area contributed by atoms with Gasteiger partial charge in [-0.25, -0.2) is 0 Å². The molecule has 3 nitrogen and oxygen atoms in total. The Kier molecular flexibility index (Phi) is 2.14. The van der Waals surface area contributed by atoms with E-state index >= 15 is 0 Å². The summed E-state index contributed by atoms with van der Waals surface area (Å²) in [6.45, 7) is 7.41. The predicted octanol–water partition coefficient (Wildman–Crippen LogP) is 1.73. The molecule has 0 saturated heterocycles. The summed E-state index contributed by atoms with van der Waals surface area (Å²) in [6.07, 6.45) is 2.25. The molecule has 3 heteroatoms. The molecule has 14 heavy (non-hydrogen) atoms. The standard InChI is InChI=1S/C11H19N3/c1-7-10-8(6-12)4-11(2,3)5-9(10)14-13-7/h8H,4-6,12H2,1-3H3,(H,13,14). The highest BCUT2D eigenvalue weighted by Crippen LogP contribution is 2.41. The first kappa shape index (κ1) is 9.71. The number of nitrogens with two attached hydrogens (primary N) is 1. The Morgan fingerprint density at radius 1 is 1.57 bits per heavy atom. The van der Waals surface area contributed by atoms with Crippen molar-refractivity contribution < 1.29 is 0 Å². The molecule has 1 atom stereocenters. The molecule has 1 heterocycles. The van der Waals surface area contributed by atoms with Crippen molar-refractivity contribution in [1.82, 2.24) is 10.2 Å². The van der Waals surface area contributed by atoms with Gasteiger partial charge in [0.25, 0.3) is 0 Å². The second-order valence-electron chi connectivity index (χ2n) is 5.19. The SMILES string of the molecule is Cc1[nH]nc2c1C(CN)CC(C)(C)C2. The van der Waals surface area contributed by atoms with Gasteiger partial charge in [0, 0.05) is 17.2 Å². The molecule has 0 radical (unpaired) electrons. The van der Waals surface area contributed by atoms with Crippen molar-refractivity contribution in [3.63, 3.8) is 0 Å². The Morgan fingerprint density at radius 3 is 2.93 bits per heavy atom. The van der Waals surface area contributed by atoms with Crippen LogP contribution in [0.15, 0.2) is 0 Å². The first-order valence-corrected chi connectivity index (χ1v) is 5.27. The predicted molar refractivity (Wildman–Crippen MR) is 57.2 cm³/mol. The Labute approximate surface area is 85.1 Å². The largest absolute Gasteiger partial charge is 0.330 e. The number of aromatic amines is 1. The van der Waals surface area contributed by atoms with E-state index in [-0.39, 0.29) is 0 Å². The highest BCUT2D eigenvalue weighted by Gasteiger charge is 2.34. The molecule has 3 N–H and O–H groups in total. The van der Waals surface area contributed by atoms with Gasteiger partial charge in [0.05, 0.1) is 5.69 Å². The monoisotopic (exact) mass is 193 g/mol. The van der Waals surface area contributed by atoms with Crippen molar-refractivity contribution in [2.45, 2.75) is 39.5 Å². The van der Waals surface area contributed by atoms with Gasteiger partial charge in [0.15, 0.2) is 0 Å². The minimum atomic E-state index is 0.346. The van der Waals surface area contributed by atoms with Gasteiger partial charge in [-0.1, -0.05) is 13.8 Å². The zero-order valence-corrected chi connectivity index (χ0v) is 9.22. The molecule has 1 unspecified atom stereocenters. The van der Waals surface area contributed by atoms with Gasteiger partial charge < -0.3 is 5.73 Å². The zero-order valence-electron chi connectivity index (χ0n) is 9.22. The molecule has 0 aromatic carbocycles. The molecule has 0 spiro atoms. The van der Waals surface area contributed by atoms with Crippen molar-refractivity contribution in [3.8, 4) is 0 Å². The van der Waals surface area contributed by atoms with Gasteiger partial charge in [-0.2, -0.15) is 5.10 Å². The molecule has 1 aromatic rings. The minimum Gasteiger partial charge on any atom is -0.330 e. The fraction of sp³-hybridized carbons (Fsp3) is 0.727. The molecule has 0 fully saturated rings. The lowest BCUT2D eigenvalue weighted by Gasteiger charge is -2.34. The number of aryl methyl sites for hydroxylation is 1. The maximum absolute atomic E-state index is 5.83. The van der Waals surface area contributed by atoms with Gasteiger partial charge in [-0.05, 0) is 31.7 Å². The molecule has 78 valence electrons. The number of hydrogen-bond donors (Lipinski definition) is 2. The molecule has 0 saturated carbocycles. The third kappa shape index (κ3) is 1.46. The van der Waals surface area contributed by atoms with Crippen LogP contribution < -0.4 is 5.73 Å². The summed E-state index contributed by atoms with van der Waals surface area (Å²) in [5, 5.41) is 7.45. The van der Waals surface area contributed by atoms with E-state index in [2.05, 4.69) is 31.0 Å². The molecule has 0 bridgehead atoms. The van der Waals surface area contributed by atoms with Crippen LogP contribution in [0.1, 0.15) is 43.1 Å². The number of nitrogens with one attached hydrogen (secondary N) is 1. The Morgan fingerprint density at radius 2 is 2.29 bits per heavy atom. The van der Waals surface area contributed by atoms with Crippen LogP contribution >= 0.6 is 0 Å². The molecule has 1 aliphatic carbocycles. The average molecular weight is 193 g/mol. The molecule has 0 amide bonds. The molecular formula is C11H19N3. The average Bonchev–Trinajstić information content (AvgIpc) is 2.44. The number of aromatic nitrogens is 2. The van der Waals surface area contributed by atoms with Gasteiger partial charge in [-0.15, -0.1) is 0 Å². The normalized spacial score (nSPS) is 24.7. The summed E-state index contributed by atoms with van der Waals surface area (Å²) in [5.74, 6) is 0.493. The van der Waals surface area contributed by atoms with Gasteiger partial charge in [-0.3, -0.25) is 5.10 Å². The van der Waals surface area contributed by atoms with Gasteiger partial charge >= 0.3 is 0 Å². The number of hydrogen-bond acceptors (Lipinski definition) is 2. The van der Waals surface area contributed by atoms with E-state index in [1.54, 1.807) is 0 Å². The Bertz CT molecular complexity index is 338. The van der Waals surface area contributed by atoms with Crippen molar-refractivity contribution >= 4 is 0 Å².